The number of thiazole rings is 1. The predicted octanol–water partition coefficient (Wildman–Crippen LogP) is 3.78. The van der Waals surface area contributed by atoms with Crippen LogP contribution in [0.4, 0.5) is 10.8 Å². The van der Waals surface area contributed by atoms with Crippen LogP contribution in [0.25, 0.3) is 10.2 Å². The molecule has 0 amide bonds. The van der Waals surface area contributed by atoms with Gasteiger partial charge in [0.2, 0.25) is 11.0 Å². The monoisotopic (exact) mass is 339 g/mol. The molecular formula is C16H13N5O2S. The minimum Gasteiger partial charge on any atom is -0.493 e. The maximum Gasteiger partial charge on any atom is 0.281 e. The molecule has 0 aliphatic rings. The van der Waals surface area contributed by atoms with Crippen molar-refractivity contribution in [1.82, 2.24) is 9.55 Å². The van der Waals surface area contributed by atoms with Crippen molar-refractivity contribution in [2.75, 3.05) is 0 Å². The zero-order chi connectivity index (χ0) is 17.3. The van der Waals surface area contributed by atoms with E-state index in [4.69, 9.17) is 0 Å². The maximum atomic E-state index is 12.4. The van der Waals surface area contributed by atoms with E-state index in [2.05, 4.69) is 15.2 Å². The van der Waals surface area contributed by atoms with Gasteiger partial charge in [-0.3, -0.25) is 9.36 Å². The normalized spacial score (nSPS) is 11.2. The summed E-state index contributed by atoms with van der Waals surface area (Å²) >= 11 is 1.36. The van der Waals surface area contributed by atoms with Gasteiger partial charge in [-0.2, -0.15) is 5.26 Å². The summed E-state index contributed by atoms with van der Waals surface area (Å²) in [5.74, 6) is -0.346. The highest BCUT2D eigenvalue weighted by molar-refractivity contribution is 7.21. The molecule has 1 N–H and O–H groups in total. The Labute approximate surface area is 141 Å². The van der Waals surface area contributed by atoms with Crippen LogP contribution in [0.15, 0.2) is 39.3 Å². The first-order valence-electron chi connectivity index (χ1n) is 7.20. The fraction of sp³-hybridized carbons (Fsp3) is 0.188. The molecule has 2 heterocycles. The molecule has 0 unspecified atom stereocenters. The van der Waals surface area contributed by atoms with Gasteiger partial charge in [0.1, 0.15) is 11.6 Å². The molecule has 2 aromatic heterocycles. The van der Waals surface area contributed by atoms with E-state index in [0.29, 0.717) is 10.7 Å². The number of fused-ring (bicyclic) bond motifs is 1. The topological polar surface area (TPSA) is 104 Å². The second-order valence-corrected chi connectivity index (χ2v) is 6.01. The Hall–Kier alpha value is -3.05. The van der Waals surface area contributed by atoms with E-state index in [1.165, 1.54) is 11.3 Å². The maximum absolute atomic E-state index is 12.4. The lowest BCUT2D eigenvalue weighted by Crippen LogP contribution is -2.20. The van der Waals surface area contributed by atoms with E-state index >= 15 is 0 Å². The van der Waals surface area contributed by atoms with Gasteiger partial charge in [-0.15, -0.1) is 10.2 Å². The van der Waals surface area contributed by atoms with Crippen LogP contribution in [0.3, 0.4) is 0 Å². The quantitative estimate of drug-likeness (QED) is 0.733. The molecule has 3 aromatic rings. The third-order valence-electron chi connectivity index (χ3n) is 3.60. The first-order chi connectivity index (χ1) is 11.6. The highest BCUT2D eigenvalue weighted by Gasteiger charge is 2.18. The lowest BCUT2D eigenvalue weighted by atomic mass is 10.1. The standard InChI is InChI=1S/C16H13N5O2S/c1-3-21-14(22)10(8-17)9(2)13(15(21)23)19-20-16-18-11-6-4-5-7-12(11)24-16/h4-7,22H,3H2,1-2H3. The summed E-state index contributed by atoms with van der Waals surface area (Å²) in [5.41, 5.74) is 0.675. The van der Waals surface area contributed by atoms with E-state index in [9.17, 15) is 15.2 Å². The van der Waals surface area contributed by atoms with E-state index in [1.54, 1.807) is 13.8 Å². The largest absolute Gasteiger partial charge is 0.493 e. The molecule has 0 spiro atoms. The Kier molecular flexibility index (Phi) is 4.10. The molecule has 0 aliphatic carbocycles. The van der Waals surface area contributed by atoms with Crippen molar-refractivity contribution >= 4 is 32.4 Å². The molecule has 0 saturated heterocycles. The van der Waals surface area contributed by atoms with Gasteiger partial charge in [-0.1, -0.05) is 23.5 Å². The summed E-state index contributed by atoms with van der Waals surface area (Å²) in [6.07, 6.45) is 0. The minimum absolute atomic E-state index is 0.0229. The summed E-state index contributed by atoms with van der Waals surface area (Å²) in [4.78, 5) is 16.8. The van der Waals surface area contributed by atoms with Crippen LogP contribution < -0.4 is 5.56 Å². The van der Waals surface area contributed by atoms with Crippen LogP contribution >= 0.6 is 11.3 Å². The van der Waals surface area contributed by atoms with Crippen LogP contribution in [-0.2, 0) is 6.54 Å². The van der Waals surface area contributed by atoms with E-state index < -0.39 is 5.56 Å². The molecule has 1 aromatic carbocycles. The van der Waals surface area contributed by atoms with Gasteiger partial charge < -0.3 is 5.11 Å². The van der Waals surface area contributed by atoms with Crippen molar-refractivity contribution < 1.29 is 5.11 Å². The summed E-state index contributed by atoms with van der Waals surface area (Å²) < 4.78 is 2.07. The lowest BCUT2D eigenvalue weighted by Gasteiger charge is -2.10. The Morgan fingerprint density at radius 2 is 2.12 bits per heavy atom. The lowest BCUT2D eigenvalue weighted by molar-refractivity contribution is 0.409. The summed E-state index contributed by atoms with van der Waals surface area (Å²) in [5, 5.41) is 27.7. The Balaban J connectivity index is 2.12. The van der Waals surface area contributed by atoms with Gasteiger partial charge in [0.15, 0.2) is 5.69 Å². The van der Waals surface area contributed by atoms with E-state index in [0.717, 1.165) is 14.8 Å². The number of hydrogen-bond acceptors (Lipinski definition) is 7. The molecule has 0 atom stereocenters. The Bertz CT molecular complexity index is 1030. The number of rotatable bonds is 3. The number of para-hydroxylation sites is 1. The molecule has 0 fully saturated rings. The van der Waals surface area contributed by atoms with Crippen molar-refractivity contribution in [3.63, 3.8) is 0 Å². The second kappa shape index (κ2) is 6.22. The third kappa shape index (κ3) is 2.55. The van der Waals surface area contributed by atoms with Gasteiger partial charge >= 0.3 is 0 Å². The fourth-order valence-electron chi connectivity index (χ4n) is 2.35. The number of pyridine rings is 1. The smallest absolute Gasteiger partial charge is 0.281 e. The molecule has 120 valence electrons. The van der Waals surface area contributed by atoms with Crippen LogP contribution in [0.1, 0.15) is 18.1 Å². The third-order valence-corrected chi connectivity index (χ3v) is 4.52. The molecular weight excluding hydrogens is 326 g/mol. The number of nitrogens with zero attached hydrogens (tertiary/aromatic N) is 5. The molecule has 0 saturated carbocycles. The number of hydrogen-bond donors (Lipinski definition) is 1. The SMILES string of the molecule is CCn1c(O)c(C#N)c(C)c(N=Nc2nc3ccccc3s2)c1=O. The van der Waals surface area contributed by atoms with Gasteiger partial charge in [0.25, 0.3) is 5.56 Å². The summed E-state index contributed by atoms with van der Waals surface area (Å²) in [6.45, 7) is 3.49. The zero-order valence-corrected chi connectivity index (χ0v) is 13.8. The fourth-order valence-corrected chi connectivity index (χ4v) is 3.13. The van der Waals surface area contributed by atoms with E-state index in [1.807, 2.05) is 30.3 Å². The predicted molar refractivity (Wildman–Crippen MR) is 91.3 cm³/mol. The zero-order valence-electron chi connectivity index (χ0n) is 13.0. The van der Waals surface area contributed by atoms with Crippen molar-refractivity contribution in [2.45, 2.75) is 20.4 Å². The van der Waals surface area contributed by atoms with Crippen LogP contribution in [0, 0.1) is 18.3 Å². The molecule has 7 nitrogen and oxygen atoms in total. The van der Waals surface area contributed by atoms with Crippen molar-refractivity contribution in [2.24, 2.45) is 10.2 Å². The molecule has 0 aliphatic heterocycles. The highest BCUT2D eigenvalue weighted by atomic mass is 32.1. The Morgan fingerprint density at radius 1 is 1.38 bits per heavy atom. The van der Waals surface area contributed by atoms with Gasteiger partial charge in [0, 0.05) is 12.1 Å². The van der Waals surface area contributed by atoms with Crippen LogP contribution in [0.5, 0.6) is 5.88 Å². The highest BCUT2D eigenvalue weighted by Crippen LogP contribution is 2.30. The van der Waals surface area contributed by atoms with E-state index in [-0.39, 0.29) is 23.7 Å². The van der Waals surface area contributed by atoms with Crippen molar-refractivity contribution in [1.29, 1.82) is 5.26 Å². The summed E-state index contributed by atoms with van der Waals surface area (Å²) in [6, 6.07) is 9.49. The first-order valence-corrected chi connectivity index (χ1v) is 8.02. The van der Waals surface area contributed by atoms with Crippen molar-refractivity contribution in [3.05, 3.63) is 45.7 Å². The molecule has 3 rings (SSSR count). The van der Waals surface area contributed by atoms with Crippen molar-refractivity contribution in [3.8, 4) is 11.9 Å². The second-order valence-electron chi connectivity index (χ2n) is 5.00. The molecule has 0 bridgehead atoms. The van der Waals surface area contributed by atoms with Crippen LogP contribution in [-0.4, -0.2) is 14.7 Å². The molecule has 8 heteroatoms. The molecule has 24 heavy (non-hydrogen) atoms. The number of aromatic hydroxyl groups is 1. The number of aromatic nitrogens is 2. The number of benzene rings is 1. The van der Waals surface area contributed by atoms with Gasteiger partial charge in [-0.05, 0) is 26.0 Å². The minimum atomic E-state index is -0.489. The number of azo groups is 1. The number of nitriles is 1. The Morgan fingerprint density at radius 3 is 2.79 bits per heavy atom. The first kappa shape index (κ1) is 15.8. The average molecular weight is 339 g/mol. The average Bonchev–Trinajstić information content (AvgIpc) is 2.98. The molecule has 0 radical (unpaired) electrons. The summed E-state index contributed by atoms with van der Waals surface area (Å²) in [7, 11) is 0. The van der Waals surface area contributed by atoms with Gasteiger partial charge in [0.05, 0.1) is 10.2 Å². The van der Waals surface area contributed by atoms with Crippen LogP contribution in [0.2, 0.25) is 0 Å². The van der Waals surface area contributed by atoms with Gasteiger partial charge in [-0.25, -0.2) is 4.98 Å².